The van der Waals surface area contributed by atoms with E-state index in [4.69, 9.17) is 9.84 Å². The van der Waals surface area contributed by atoms with Gasteiger partial charge in [0.25, 0.3) is 0 Å². The van der Waals surface area contributed by atoms with Crippen LogP contribution in [0, 0.1) is 0 Å². The van der Waals surface area contributed by atoms with E-state index in [9.17, 15) is 13.2 Å². The van der Waals surface area contributed by atoms with Gasteiger partial charge < -0.3 is 9.84 Å². The van der Waals surface area contributed by atoms with Crippen molar-refractivity contribution in [2.45, 2.75) is 44.2 Å². The van der Waals surface area contributed by atoms with Crippen molar-refractivity contribution in [3.63, 3.8) is 0 Å². The van der Waals surface area contributed by atoms with Gasteiger partial charge in [0.1, 0.15) is 6.04 Å². The maximum absolute atomic E-state index is 12.2. The zero-order valence-corrected chi connectivity index (χ0v) is 11.1. The summed E-state index contributed by atoms with van der Waals surface area (Å²) >= 11 is 0. The number of hydrogen-bond acceptors (Lipinski definition) is 4. The number of hydrogen-bond donors (Lipinski definition) is 1. The third-order valence-corrected chi connectivity index (χ3v) is 5.46. The number of carbonyl (C=O) groups is 1. The third-order valence-electron chi connectivity index (χ3n) is 3.52. The number of piperidine rings is 1. The third kappa shape index (κ3) is 3.02. The Labute approximate surface area is 107 Å². The molecule has 2 heterocycles. The molecule has 2 aliphatic heterocycles. The Kier molecular flexibility index (Phi) is 4.24. The Morgan fingerprint density at radius 1 is 1.28 bits per heavy atom. The van der Waals surface area contributed by atoms with E-state index in [-0.39, 0.29) is 11.9 Å². The van der Waals surface area contributed by atoms with E-state index in [0.717, 1.165) is 30.0 Å². The van der Waals surface area contributed by atoms with Crippen molar-refractivity contribution in [2.24, 2.45) is 0 Å². The van der Waals surface area contributed by atoms with Crippen molar-refractivity contribution in [3.8, 4) is 0 Å². The zero-order chi connectivity index (χ0) is 13.2. The summed E-state index contributed by atoms with van der Waals surface area (Å²) in [5.74, 6) is -1.14. The highest BCUT2D eigenvalue weighted by molar-refractivity contribution is 7.89. The highest BCUT2D eigenvalue weighted by atomic mass is 32.2. The quantitative estimate of drug-likeness (QED) is 0.806. The van der Waals surface area contributed by atoms with Gasteiger partial charge in [-0.05, 0) is 32.1 Å². The Hall–Kier alpha value is -0.660. The fourth-order valence-corrected chi connectivity index (χ4v) is 4.51. The molecule has 0 aromatic rings. The maximum Gasteiger partial charge on any atom is 0.322 e. The molecule has 0 aromatic heterocycles. The Morgan fingerprint density at radius 2 is 2.06 bits per heavy atom. The summed E-state index contributed by atoms with van der Waals surface area (Å²) in [4.78, 5) is 11.1. The summed E-state index contributed by atoms with van der Waals surface area (Å²) in [7, 11) is -3.53. The summed E-state index contributed by atoms with van der Waals surface area (Å²) < 4.78 is 31.0. The first kappa shape index (κ1) is 13.8. The summed E-state index contributed by atoms with van der Waals surface area (Å²) in [5, 5.41) is 9.10. The first-order valence-corrected chi connectivity index (χ1v) is 7.95. The van der Waals surface area contributed by atoms with Gasteiger partial charge in [-0.25, -0.2) is 8.42 Å². The Bertz CT molecular complexity index is 402. The number of rotatable bonds is 4. The number of carboxylic acids is 1. The SMILES string of the molecule is O=C(O)C1CCCCN1S(=O)(=O)CC1CCCO1. The Balaban J connectivity index is 2.08. The molecule has 2 saturated heterocycles. The molecule has 6 nitrogen and oxygen atoms in total. The van der Waals surface area contributed by atoms with Crippen LogP contribution >= 0.6 is 0 Å². The van der Waals surface area contributed by atoms with Gasteiger partial charge >= 0.3 is 5.97 Å². The lowest BCUT2D eigenvalue weighted by atomic mass is 10.1. The monoisotopic (exact) mass is 277 g/mol. The fourth-order valence-electron chi connectivity index (χ4n) is 2.59. The molecule has 2 atom stereocenters. The van der Waals surface area contributed by atoms with Gasteiger partial charge in [-0.2, -0.15) is 4.31 Å². The van der Waals surface area contributed by atoms with Crippen molar-refractivity contribution in [1.29, 1.82) is 0 Å². The van der Waals surface area contributed by atoms with Crippen LogP contribution in [0.2, 0.25) is 0 Å². The van der Waals surface area contributed by atoms with Gasteiger partial charge in [-0.3, -0.25) is 4.79 Å². The number of aliphatic carboxylic acids is 1. The average Bonchev–Trinajstić information content (AvgIpc) is 2.81. The largest absolute Gasteiger partial charge is 0.480 e. The fraction of sp³-hybridized carbons (Fsp3) is 0.909. The van der Waals surface area contributed by atoms with Gasteiger partial charge in [0, 0.05) is 13.2 Å². The Morgan fingerprint density at radius 3 is 2.67 bits per heavy atom. The molecule has 0 spiro atoms. The highest BCUT2D eigenvalue weighted by Gasteiger charge is 2.38. The minimum Gasteiger partial charge on any atom is -0.480 e. The molecule has 1 N–H and O–H groups in total. The van der Waals surface area contributed by atoms with E-state index in [1.54, 1.807) is 0 Å². The predicted molar refractivity (Wildman–Crippen MR) is 64.7 cm³/mol. The minimum atomic E-state index is -3.53. The highest BCUT2D eigenvalue weighted by Crippen LogP contribution is 2.23. The van der Waals surface area contributed by atoms with Crippen molar-refractivity contribution in [3.05, 3.63) is 0 Å². The normalized spacial score (nSPS) is 30.4. The second kappa shape index (κ2) is 5.54. The van der Waals surface area contributed by atoms with Crippen LogP contribution < -0.4 is 0 Å². The van der Waals surface area contributed by atoms with Crippen LogP contribution in [0.1, 0.15) is 32.1 Å². The second-order valence-corrected chi connectivity index (χ2v) is 6.84. The van der Waals surface area contributed by atoms with Crippen LogP contribution in [0.4, 0.5) is 0 Å². The first-order chi connectivity index (χ1) is 8.50. The van der Waals surface area contributed by atoms with E-state index < -0.39 is 22.0 Å². The molecule has 18 heavy (non-hydrogen) atoms. The lowest BCUT2D eigenvalue weighted by molar-refractivity contribution is -0.142. The number of sulfonamides is 1. The van der Waals surface area contributed by atoms with Gasteiger partial charge in [-0.15, -0.1) is 0 Å². The van der Waals surface area contributed by atoms with Gasteiger partial charge in [-0.1, -0.05) is 0 Å². The lowest BCUT2D eigenvalue weighted by Gasteiger charge is -2.32. The van der Waals surface area contributed by atoms with Crippen molar-refractivity contribution >= 4 is 16.0 Å². The molecule has 7 heteroatoms. The standard InChI is InChI=1S/C11H19NO5S/c13-11(14)10-5-1-2-6-12(10)18(15,16)8-9-4-3-7-17-9/h9-10H,1-8H2,(H,13,14). The van der Waals surface area contributed by atoms with E-state index in [0.29, 0.717) is 19.6 Å². The first-order valence-electron chi connectivity index (χ1n) is 6.34. The summed E-state index contributed by atoms with van der Waals surface area (Å²) in [6.07, 6.45) is 3.25. The van der Waals surface area contributed by atoms with Gasteiger partial charge in [0.15, 0.2) is 0 Å². The van der Waals surface area contributed by atoms with Crippen molar-refractivity contribution < 1.29 is 23.1 Å². The van der Waals surface area contributed by atoms with Crippen LogP contribution in [0.15, 0.2) is 0 Å². The van der Waals surface area contributed by atoms with E-state index in [1.807, 2.05) is 0 Å². The molecule has 2 fully saturated rings. The second-order valence-electron chi connectivity index (χ2n) is 4.87. The smallest absolute Gasteiger partial charge is 0.322 e. The molecule has 0 aliphatic carbocycles. The van der Waals surface area contributed by atoms with Crippen LogP contribution in [0.3, 0.4) is 0 Å². The molecule has 0 aromatic carbocycles. The zero-order valence-electron chi connectivity index (χ0n) is 10.2. The molecule has 0 radical (unpaired) electrons. The number of carboxylic acid groups (broad SMARTS) is 1. The molecule has 2 unspecified atom stereocenters. The molecule has 0 bridgehead atoms. The number of nitrogens with zero attached hydrogens (tertiary/aromatic N) is 1. The van der Waals surface area contributed by atoms with E-state index in [1.165, 1.54) is 0 Å². The van der Waals surface area contributed by atoms with E-state index >= 15 is 0 Å². The average molecular weight is 277 g/mol. The predicted octanol–water partition coefficient (Wildman–Crippen LogP) is 0.434. The van der Waals surface area contributed by atoms with Gasteiger partial charge in [0.05, 0.1) is 11.9 Å². The molecule has 0 saturated carbocycles. The van der Waals surface area contributed by atoms with Crippen molar-refractivity contribution in [2.75, 3.05) is 18.9 Å². The van der Waals surface area contributed by atoms with Gasteiger partial charge in [0.2, 0.25) is 10.0 Å². The van der Waals surface area contributed by atoms with Crippen molar-refractivity contribution in [1.82, 2.24) is 4.31 Å². The minimum absolute atomic E-state index is 0.0865. The van der Waals surface area contributed by atoms with Crippen LogP contribution in [0.5, 0.6) is 0 Å². The summed E-state index contributed by atoms with van der Waals surface area (Å²) in [6, 6.07) is -0.898. The molecule has 0 amide bonds. The topological polar surface area (TPSA) is 83.9 Å². The summed E-state index contributed by atoms with van der Waals surface area (Å²) in [5.41, 5.74) is 0. The van der Waals surface area contributed by atoms with Crippen LogP contribution in [-0.2, 0) is 19.6 Å². The molecule has 2 rings (SSSR count). The van der Waals surface area contributed by atoms with Crippen LogP contribution in [0.25, 0.3) is 0 Å². The van der Waals surface area contributed by atoms with E-state index in [2.05, 4.69) is 0 Å². The molecular weight excluding hydrogens is 258 g/mol. The number of ether oxygens (including phenoxy) is 1. The van der Waals surface area contributed by atoms with Crippen LogP contribution in [-0.4, -0.2) is 54.8 Å². The molecule has 2 aliphatic rings. The lowest BCUT2D eigenvalue weighted by Crippen LogP contribution is -2.49. The maximum atomic E-state index is 12.2. The molecular formula is C11H19NO5S. The summed E-state index contributed by atoms with van der Waals surface area (Å²) in [6.45, 7) is 0.911. The molecule has 104 valence electrons.